The molecule has 0 fully saturated rings. The van der Waals surface area contributed by atoms with Crippen LogP contribution in [0.3, 0.4) is 0 Å². The van der Waals surface area contributed by atoms with Crippen molar-refractivity contribution in [3.8, 4) is 23.2 Å². The first kappa shape index (κ1) is 17.9. The third-order valence-electron chi connectivity index (χ3n) is 4.61. The van der Waals surface area contributed by atoms with Crippen molar-refractivity contribution in [2.24, 2.45) is 0 Å². The molecule has 0 bridgehead atoms. The fraction of sp³-hybridized carbons (Fsp3) is 0.143. The lowest BCUT2D eigenvalue weighted by Crippen LogP contribution is -2.27. The van der Waals surface area contributed by atoms with Crippen molar-refractivity contribution >= 4 is 21.7 Å². The molecule has 28 heavy (non-hydrogen) atoms. The lowest BCUT2D eigenvalue weighted by molar-refractivity contribution is 0.474. The van der Waals surface area contributed by atoms with Crippen LogP contribution in [0.4, 0.5) is 0 Å². The van der Waals surface area contributed by atoms with Crippen LogP contribution in [-0.2, 0) is 6.42 Å². The molecule has 7 heteroatoms. The molecule has 0 amide bonds. The van der Waals surface area contributed by atoms with Gasteiger partial charge in [-0.25, -0.2) is 4.98 Å². The Bertz CT molecular complexity index is 1260. The fourth-order valence-electron chi connectivity index (χ4n) is 3.30. The summed E-state index contributed by atoms with van der Waals surface area (Å²) in [4.78, 5) is 18.4. The van der Waals surface area contributed by atoms with Gasteiger partial charge < -0.3 is 5.11 Å². The summed E-state index contributed by atoms with van der Waals surface area (Å²) < 4.78 is 5.61. The van der Waals surface area contributed by atoms with Crippen LogP contribution in [0.5, 0.6) is 5.75 Å². The summed E-state index contributed by atoms with van der Waals surface area (Å²) in [7, 11) is 0. The van der Waals surface area contributed by atoms with Crippen LogP contribution in [0.25, 0.3) is 21.6 Å². The highest BCUT2D eigenvalue weighted by atomic mass is 32.1. The molecule has 0 aliphatic rings. The van der Waals surface area contributed by atoms with Gasteiger partial charge in [0.15, 0.2) is 10.5 Å². The topological polar surface area (TPSA) is 91.8 Å². The van der Waals surface area contributed by atoms with Crippen molar-refractivity contribution in [3.05, 3.63) is 76.2 Å². The first-order valence-corrected chi connectivity index (χ1v) is 9.51. The van der Waals surface area contributed by atoms with E-state index in [2.05, 4.69) is 9.36 Å². The Labute approximate surface area is 165 Å². The van der Waals surface area contributed by atoms with Crippen LogP contribution in [0.1, 0.15) is 24.2 Å². The van der Waals surface area contributed by atoms with Crippen molar-refractivity contribution in [2.45, 2.75) is 19.4 Å². The number of aromatic hydroxyl groups is 1. The number of phenols is 1. The molecule has 2 aromatic carbocycles. The van der Waals surface area contributed by atoms with Crippen molar-refractivity contribution in [2.75, 3.05) is 0 Å². The van der Waals surface area contributed by atoms with E-state index in [9.17, 15) is 15.2 Å². The third kappa shape index (κ3) is 3.04. The van der Waals surface area contributed by atoms with Crippen LogP contribution in [0.2, 0.25) is 0 Å². The van der Waals surface area contributed by atoms with Gasteiger partial charge in [0.05, 0.1) is 5.56 Å². The normalized spacial score (nSPS) is 12.0. The average molecular weight is 388 g/mol. The van der Waals surface area contributed by atoms with Gasteiger partial charge in [0.2, 0.25) is 0 Å². The largest absolute Gasteiger partial charge is 0.507 e. The van der Waals surface area contributed by atoms with Gasteiger partial charge in [-0.05, 0) is 42.6 Å². The number of hydrogen-bond acceptors (Lipinski definition) is 6. The molecule has 2 aromatic heterocycles. The number of benzene rings is 2. The lowest BCUT2D eigenvalue weighted by Gasteiger charge is -2.20. The van der Waals surface area contributed by atoms with E-state index in [1.54, 1.807) is 28.8 Å². The number of rotatable bonds is 4. The average Bonchev–Trinajstić information content (AvgIpc) is 3.12. The minimum Gasteiger partial charge on any atom is -0.507 e. The summed E-state index contributed by atoms with van der Waals surface area (Å²) in [6, 6.07) is 18.4. The van der Waals surface area contributed by atoms with Crippen LogP contribution < -0.4 is 5.56 Å². The highest BCUT2D eigenvalue weighted by Crippen LogP contribution is 2.31. The Morgan fingerprint density at radius 2 is 1.89 bits per heavy atom. The smallest absolute Gasteiger partial charge is 0.265 e. The van der Waals surface area contributed by atoms with Crippen molar-refractivity contribution in [3.63, 3.8) is 0 Å². The zero-order valence-corrected chi connectivity index (χ0v) is 15.8. The van der Waals surface area contributed by atoms with Gasteiger partial charge in [-0.2, -0.15) is 9.64 Å². The molecular weight excluding hydrogens is 372 g/mol. The number of para-hydroxylation sites is 1. The number of nitrogens with zero attached hydrogens (tertiary/aromatic N) is 4. The molecule has 0 saturated carbocycles. The van der Waals surface area contributed by atoms with Crippen molar-refractivity contribution < 1.29 is 5.11 Å². The maximum Gasteiger partial charge on any atom is 0.265 e. The van der Waals surface area contributed by atoms with E-state index in [1.807, 2.05) is 43.3 Å². The molecule has 4 aromatic rings. The second kappa shape index (κ2) is 7.25. The van der Waals surface area contributed by atoms with E-state index in [-0.39, 0.29) is 28.4 Å². The first-order chi connectivity index (χ1) is 13.6. The van der Waals surface area contributed by atoms with Gasteiger partial charge in [-0.1, -0.05) is 42.5 Å². The molecule has 0 saturated heterocycles. The van der Waals surface area contributed by atoms with Crippen LogP contribution >= 0.6 is 11.5 Å². The van der Waals surface area contributed by atoms with Crippen LogP contribution in [0.15, 0.2) is 59.4 Å². The second-order valence-electron chi connectivity index (χ2n) is 6.49. The molecule has 2 heterocycles. The summed E-state index contributed by atoms with van der Waals surface area (Å²) in [6.07, 6.45) is 0.605. The fourth-order valence-corrected chi connectivity index (χ4v) is 4.01. The molecule has 138 valence electrons. The molecule has 1 unspecified atom stereocenters. The van der Waals surface area contributed by atoms with E-state index >= 15 is 0 Å². The molecule has 0 aliphatic carbocycles. The van der Waals surface area contributed by atoms with Crippen LogP contribution in [-0.4, -0.2) is 19.0 Å². The maximum absolute atomic E-state index is 13.4. The number of hydrogen-bond donors (Lipinski definition) is 1. The lowest BCUT2D eigenvalue weighted by atomic mass is 10.1. The van der Waals surface area contributed by atoms with E-state index in [0.717, 1.165) is 17.1 Å². The van der Waals surface area contributed by atoms with Gasteiger partial charge in [0, 0.05) is 6.04 Å². The molecule has 0 aliphatic heterocycles. The zero-order valence-electron chi connectivity index (χ0n) is 15.0. The van der Waals surface area contributed by atoms with Gasteiger partial charge in [-0.3, -0.25) is 9.36 Å². The number of aromatic nitrogens is 3. The second-order valence-corrected chi connectivity index (χ2v) is 7.24. The van der Waals surface area contributed by atoms with Gasteiger partial charge in [0.25, 0.3) is 5.56 Å². The molecule has 0 spiro atoms. The monoisotopic (exact) mass is 388 g/mol. The maximum atomic E-state index is 13.4. The molecule has 1 N–H and O–H groups in total. The Morgan fingerprint density at radius 3 is 2.61 bits per heavy atom. The van der Waals surface area contributed by atoms with Gasteiger partial charge in [0.1, 0.15) is 23.0 Å². The number of phenolic OH excluding ortho intramolecular Hbond substituents is 1. The summed E-state index contributed by atoms with van der Waals surface area (Å²) >= 11 is 1.01. The molecular formula is C21H16N4O2S. The predicted molar refractivity (Wildman–Crippen MR) is 108 cm³/mol. The Hall–Kier alpha value is -3.50. The molecule has 4 rings (SSSR count). The van der Waals surface area contributed by atoms with E-state index in [4.69, 9.17) is 0 Å². The van der Waals surface area contributed by atoms with Crippen LogP contribution in [0, 0.1) is 11.3 Å². The predicted octanol–water partition coefficient (Wildman–Crippen LogP) is 3.90. The number of nitriles is 1. The van der Waals surface area contributed by atoms with Gasteiger partial charge in [-0.15, -0.1) is 0 Å². The Kier molecular flexibility index (Phi) is 4.63. The first-order valence-electron chi connectivity index (χ1n) is 8.74. The molecule has 0 radical (unpaired) electrons. The molecule has 6 nitrogen and oxygen atoms in total. The standard InChI is InChI=1S/C21H16N4O2S/c1-13(11-14-7-3-2-4-8-14)25-19(15-9-5-6-10-17(15)26)23-20-18(21(25)27)16(12-22)24-28-20/h2-10,13,26H,11H2,1H3. The Balaban J connectivity index is 1.97. The number of fused-ring (bicyclic) bond motifs is 1. The third-order valence-corrected chi connectivity index (χ3v) is 5.35. The highest BCUT2D eigenvalue weighted by molar-refractivity contribution is 7.13. The SMILES string of the molecule is CC(Cc1ccccc1)n1c(-c2ccccc2O)nc2snc(C#N)c2c1=O. The van der Waals surface area contributed by atoms with Gasteiger partial charge >= 0.3 is 0 Å². The summed E-state index contributed by atoms with van der Waals surface area (Å²) in [6.45, 7) is 1.93. The molecule has 1 atom stereocenters. The summed E-state index contributed by atoms with van der Waals surface area (Å²) in [5.41, 5.74) is 1.31. The quantitative estimate of drug-likeness (QED) is 0.572. The van der Waals surface area contributed by atoms with E-state index < -0.39 is 0 Å². The van der Waals surface area contributed by atoms with Crippen molar-refractivity contribution in [1.29, 1.82) is 5.26 Å². The van der Waals surface area contributed by atoms with E-state index in [1.165, 1.54) is 0 Å². The summed E-state index contributed by atoms with van der Waals surface area (Å²) in [5.74, 6) is 0.409. The highest BCUT2D eigenvalue weighted by Gasteiger charge is 2.22. The van der Waals surface area contributed by atoms with E-state index in [0.29, 0.717) is 22.6 Å². The van der Waals surface area contributed by atoms with Crippen molar-refractivity contribution in [1.82, 2.24) is 13.9 Å². The zero-order chi connectivity index (χ0) is 19.7. The minimum absolute atomic E-state index is 0.0411. The minimum atomic E-state index is -0.322. The Morgan fingerprint density at radius 1 is 1.18 bits per heavy atom. The summed E-state index contributed by atoms with van der Waals surface area (Å²) in [5, 5.41) is 19.9.